The number of nitrogens with zero attached hydrogens (tertiary/aromatic N) is 1. The van der Waals surface area contributed by atoms with Crippen molar-refractivity contribution in [3.63, 3.8) is 0 Å². The molecule has 116 valence electrons. The Morgan fingerprint density at radius 2 is 2.29 bits per heavy atom. The summed E-state index contributed by atoms with van der Waals surface area (Å²) >= 11 is 1.14. The SMILES string of the molecule is Cc1cn([C@H]2C[C@H](O)[C@@H](CSCC(=O)O)O2)c(=O)[nH]c1=O. The molecular formula is C12H16N2O6S. The molecule has 0 radical (unpaired) electrons. The molecular weight excluding hydrogens is 300 g/mol. The molecule has 3 atom stereocenters. The average Bonchev–Trinajstić information content (AvgIpc) is 2.75. The van der Waals surface area contributed by atoms with E-state index in [1.165, 1.54) is 10.8 Å². The molecule has 0 aromatic carbocycles. The molecule has 1 aliphatic heterocycles. The highest BCUT2D eigenvalue weighted by Gasteiger charge is 2.35. The molecule has 2 rings (SSSR count). The number of rotatable bonds is 5. The van der Waals surface area contributed by atoms with Gasteiger partial charge >= 0.3 is 11.7 Å². The first kappa shape index (κ1) is 15.8. The van der Waals surface area contributed by atoms with Crippen LogP contribution in [0.3, 0.4) is 0 Å². The van der Waals surface area contributed by atoms with E-state index in [0.29, 0.717) is 11.3 Å². The van der Waals surface area contributed by atoms with Gasteiger partial charge in [-0.15, -0.1) is 11.8 Å². The van der Waals surface area contributed by atoms with Crippen LogP contribution >= 0.6 is 11.8 Å². The van der Waals surface area contributed by atoms with Crippen molar-refractivity contribution in [3.8, 4) is 0 Å². The lowest BCUT2D eigenvalue weighted by atomic mass is 10.2. The standard InChI is InChI=1S/C12H16N2O6S/c1-6-3-14(12(19)13-11(6)18)9-2-7(15)8(20-9)4-21-5-10(16)17/h3,7-9,15H,2,4-5H2,1H3,(H,16,17)(H,13,18,19)/t7-,8+,9+/m0/s1. The maximum absolute atomic E-state index is 11.8. The summed E-state index contributed by atoms with van der Waals surface area (Å²) in [6.07, 6.45) is -0.387. The lowest BCUT2D eigenvalue weighted by molar-refractivity contribution is -0.133. The number of aromatic nitrogens is 2. The largest absolute Gasteiger partial charge is 0.481 e. The topological polar surface area (TPSA) is 122 Å². The third-order valence-corrected chi connectivity index (χ3v) is 4.18. The lowest BCUT2D eigenvalue weighted by Crippen LogP contribution is -2.33. The van der Waals surface area contributed by atoms with Gasteiger partial charge in [-0.25, -0.2) is 4.79 Å². The summed E-state index contributed by atoms with van der Waals surface area (Å²) in [5.41, 5.74) is -0.679. The van der Waals surface area contributed by atoms with Crippen LogP contribution in [-0.2, 0) is 9.53 Å². The van der Waals surface area contributed by atoms with Gasteiger partial charge in [-0.2, -0.15) is 0 Å². The Balaban J connectivity index is 2.07. The van der Waals surface area contributed by atoms with Crippen LogP contribution in [0.2, 0.25) is 0 Å². The number of H-pyrrole nitrogens is 1. The maximum atomic E-state index is 11.8. The fourth-order valence-corrected chi connectivity index (χ4v) is 2.92. The Kier molecular flexibility index (Phi) is 4.86. The Labute approximate surface area is 123 Å². The van der Waals surface area contributed by atoms with Crippen molar-refractivity contribution < 1.29 is 19.7 Å². The van der Waals surface area contributed by atoms with Gasteiger partial charge < -0.3 is 14.9 Å². The molecule has 0 saturated carbocycles. The van der Waals surface area contributed by atoms with E-state index in [4.69, 9.17) is 9.84 Å². The number of carbonyl (C=O) groups is 1. The molecule has 1 aromatic heterocycles. The molecule has 9 heteroatoms. The van der Waals surface area contributed by atoms with Crippen molar-refractivity contribution in [2.75, 3.05) is 11.5 Å². The molecule has 0 amide bonds. The van der Waals surface area contributed by atoms with Crippen LogP contribution in [0.25, 0.3) is 0 Å². The molecule has 0 bridgehead atoms. The highest BCUT2D eigenvalue weighted by molar-refractivity contribution is 7.99. The molecule has 2 heterocycles. The van der Waals surface area contributed by atoms with Gasteiger partial charge in [0.1, 0.15) is 6.23 Å². The lowest BCUT2D eigenvalue weighted by Gasteiger charge is -2.15. The second kappa shape index (κ2) is 6.46. The van der Waals surface area contributed by atoms with Gasteiger partial charge in [-0.1, -0.05) is 0 Å². The molecule has 8 nitrogen and oxygen atoms in total. The minimum absolute atomic E-state index is 0.0744. The fraction of sp³-hybridized carbons (Fsp3) is 0.583. The molecule has 0 spiro atoms. The number of aryl methyl sites for hydroxylation is 1. The van der Waals surface area contributed by atoms with Crippen LogP contribution in [0.4, 0.5) is 0 Å². The van der Waals surface area contributed by atoms with Crippen LogP contribution in [0, 0.1) is 6.92 Å². The minimum Gasteiger partial charge on any atom is -0.481 e. The molecule has 1 saturated heterocycles. The summed E-state index contributed by atoms with van der Waals surface area (Å²) in [4.78, 5) is 35.7. The smallest absolute Gasteiger partial charge is 0.330 e. The van der Waals surface area contributed by atoms with Crippen molar-refractivity contribution in [2.24, 2.45) is 0 Å². The van der Waals surface area contributed by atoms with Crippen molar-refractivity contribution in [2.45, 2.75) is 31.8 Å². The van der Waals surface area contributed by atoms with Gasteiger partial charge in [0, 0.05) is 23.9 Å². The minimum atomic E-state index is -0.934. The third kappa shape index (κ3) is 3.74. The summed E-state index contributed by atoms with van der Waals surface area (Å²) in [5, 5.41) is 18.5. The van der Waals surface area contributed by atoms with Gasteiger partial charge in [-0.05, 0) is 6.92 Å². The molecule has 1 aliphatic rings. The number of ether oxygens (including phenoxy) is 1. The quantitative estimate of drug-likeness (QED) is 0.657. The molecule has 0 aliphatic carbocycles. The first-order chi connectivity index (χ1) is 9.88. The summed E-state index contributed by atoms with van der Waals surface area (Å²) in [7, 11) is 0. The van der Waals surface area contributed by atoms with E-state index in [1.807, 2.05) is 0 Å². The molecule has 21 heavy (non-hydrogen) atoms. The first-order valence-corrected chi connectivity index (χ1v) is 7.49. The van der Waals surface area contributed by atoms with Crippen LogP contribution in [0.5, 0.6) is 0 Å². The number of carboxylic acid groups (broad SMARTS) is 1. The number of hydrogen-bond donors (Lipinski definition) is 3. The highest BCUT2D eigenvalue weighted by Crippen LogP contribution is 2.29. The molecule has 1 fully saturated rings. The van der Waals surface area contributed by atoms with Crippen LogP contribution in [0.15, 0.2) is 15.8 Å². The van der Waals surface area contributed by atoms with Crippen molar-refractivity contribution in [1.29, 1.82) is 0 Å². The normalized spacial score (nSPS) is 25.1. The second-order valence-corrected chi connectivity index (χ2v) is 5.85. The Morgan fingerprint density at radius 3 is 2.95 bits per heavy atom. The monoisotopic (exact) mass is 316 g/mol. The number of hydrogen-bond acceptors (Lipinski definition) is 6. The van der Waals surface area contributed by atoms with E-state index < -0.39 is 35.7 Å². The first-order valence-electron chi connectivity index (χ1n) is 6.33. The van der Waals surface area contributed by atoms with E-state index in [2.05, 4.69) is 4.98 Å². The number of thioether (sulfide) groups is 1. The number of aliphatic hydroxyl groups excluding tert-OH is 1. The summed E-state index contributed by atoms with van der Waals surface area (Å²) in [6, 6.07) is 0. The van der Waals surface area contributed by atoms with Gasteiger partial charge in [0.05, 0.1) is 18.0 Å². The van der Waals surface area contributed by atoms with Gasteiger partial charge in [0.25, 0.3) is 5.56 Å². The number of aliphatic hydroxyl groups is 1. The summed E-state index contributed by atoms with van der Waals surface area (Å²) < 4.78 is 6.83. The number of carboxylic acids is 1. The van der Waals surface area contributed by atoms with Gasteiger partial charge in [-0.3, -0.25) is 19.1 Å². The number of aromatic amines is 1. The average molecular weight is 316 g/mol. The van der Waals surface area contributed by atoms with E-state index >= 15 is 0 Å². The van der Waals surface area contributed by atoms with Crippen molar-refractivity contribution in [3.05, 3.63) is 32.6 Å². The molecule has 3 N–H and O–H groups in total. The van der Waals surface area contributed by atoms with E-state index in [1.54, 1.807) is 6.92 Å². The highest BCUT2D eigenvalue weighted by atomic mass is 32.2. The zero-order chi connectivity index (χ0) is 15.6. The third-order valence-electron chi connectivity index (χ3n) is 3.17. The van der Waals surface area contributed by atoms with E-state index in [9.17, 15) is 19.5 Å². The fourth-order valence-electron chi connectivity index (χ4n) is 2.10. The Hall–Kier alpha value is -1.58. The van der Waals surface area contributed by atoms with Gasteiger partial charge in [0.2, 0.25) is 0 Å². The zero-order valence-corrected chi connectivity index (χ0v) is 12.1. The second-order valence-electron chi connectivity index (χ2n) is 4.82. The number of aliphatic carboxylic acids is 1. The Morgan fingerprint density at radius 1 is 1.57 bits per heavy atom. The number of nitrogens with one attached hydrogen (secondary N) is 1. The van der Waals surface area contributed by atoms with Crippen LogP contribution < -0.4 is 11.2 Å². The van der Waals surface area contributed by atoms with Crippen molar-refractivity contribution >= 4 is 17.7 Å². The summed E-state index contributed by atoms with van der Waals surface area (Å²) in [6.45, 7) is 1.57. The zero-order valence-electron chi connectivity index (χ0n) is 11.3. The van der Waals surface area contributed by atoms with Crippen LogP contribution in [-0.4, -0.2) is 49.4 Å². The Bertz CT molecular complexity index is 639. The van der Waals surface area contributed by atoms with E-state index in [-0.39, 0.29) is 12.2 Å². The molecule has 0 unspecified atom stereocenters. The molecule has 1 aromatic rings. The maximum Gasteiger partial charge on any atom is 0.330 e. The predicted octanol–water partition coefficient (Wildman–Crippen LogP) is -0.689. The van der Waals surface area contributed by atoms with Crippen molar-refractivity contribution in [1.82, 2.24) is 9.55 Å². The van der Waals surface area contributed by atoms with E-state index in [0.717, 1.165) is 11.8 Å². The van der Waals surface area contributed by atoms with Gasteiger partial charge in [0.15, 0.2) is 0 Å². The van der Waals surface area contributed by atoms with Crippen LogP contribution in [0.1, 0.15) is 18.2 Å². The summed E-state index contributed by atoms with van der Waals surface area (Å²) in [5.74, 6) is -0.688. The predicted molar refractivity (Wildman–Crippen MR) is 75.6 cm³/mol.